The van der Waals surface area contributed by atoms with Crippen molar-refractivity contribution in [3.63, 3.8) is 0 Å². The van der Waals surface area contributed by atoms with Gasteiger partial charge < -0.3 is 5.32 Å². The number of aromatic nitrogens is 2. The standard InChI is InChI=1S/C18H24N4O3S2/c1-12-6-2-3-7-13(12)19-18(23)15-9-5-11-22(15)27(24,25)16-10-4-8-14-17(16)21-26-20-14/h4,8,10,12-13,15H,2-3,5-7,9,11H2,1H3,(H,19,23)/t12-,13+,15+/m1/s1. The molecule has 0 unspecified atom stereocenters. The van der Waals surface area contributed by atoms with Crippen LogP contribution in [0.4, 0.5) is 0 Å². The molecule has 1 N–H and O–H groups in total. The van der Waals surface area contributed by atoms with Crippen LogP contribution in [0.2, 0.25) is 0 Å². The first-order valence-corrected chi connectivity index (χ1v) is 11.7. The molecule has 2 aromatic rings. The third-order valence-corrected chi connectivity index (χ3v) is 8.26. The first-order valence-electron chi connectivity index (χ1n) is 9.52. The van der Waals surface area contributed by atoms with Gasteiger partial charge in [-0.2, -0.15) is 13.1 Å². The fourth-order valence-corrected chi connectivity index (χ4v) is 6.63. The molecule has 2 fully saturated rings. The number of sulfonamides is 1. The quantitative estimate of drug-likeness (QED) is 0.839. The number of nitrogens with zero attached hydrogens (tertiary/aromatic N) is 3. The molecule has 1 saturated heterocycles. The molecule has 1 aliphatic carbocycles. The van der Waals surface area contributed by atoms with Crippen molar-refractivity contribution < 1.29 is 13.2 Å². The van der Waals surface area contributed by atoms with Crippen molar-refractivity contribution in [2.75, 3.05) is 6.54 Å². The highest BCUT2D eigenvalue weighted by molar-refractivity contribution is 7.89. The smallest absolute Gasteiger partial charge is 0.246 e. The topological polar surface area (TPSA) is 92.3 Å². The lowest BCUT2D eigenvalue weighted by Gasteiger charge is -2.32. The predicted molar refractivity (Wildman–Crippen MR) is 104 cm³/mol. The van der Waals surface area contributed by atoms with E-state index in [0.717, 1.165) is 31.0 Å². The van der Waals surface area contributed by atoms with Gasteiger partial charge in [0.05, 0.1) is 11.7 Å². The van der Waals surface area contributed by atoms with E-state index in [-0.39, 0.29) is 16.8 Å². The summed E-state index contributed by atoms with van der Waals surface area (Å²) in [5.74, 6) is 0.266. The Balaban J connectivity index is 1.58. The van der Waals surface area contributed by atoms with Gasteiger partial charge in [-0.3, -0.25) is 4.79 Å². The number of benzene rings is 1. The Kier molecular flexibility index (Phi) is 5.17. The van der Waals surface area contributed by atoms with Gasteiger partial charge in [0.2, 0.25) is 15.9 Å². The highest BCUT2D eigenvalue weighted by Crippen LogP contribution is 2.31. The maximum absolute atomic E-state index is 13.3. The lowest BCUT2D eigenvalue weighted by molar-refractivity contribution is -0.125. The maximum Gasteiger partial charge on any atom is 0.246 e. The number of hydrogen-bond donors (Lipinski definition) is 1. The second kappa shape index (κ2) is 7.44. The number of carbonyl (C=O) groups excluding carboxylic acids is 1. The normalized spacial score (nSPS) is 27.1. The van der Waals surface area contributed by atoms with Crippen LogP contribution >= 0.6 is 11.7 Å². The number of amides is 1. The molecule has 4 rings (SSSR count). The van der Waals surface area contributed by atoms with E-state index < -0.39 is 16.1 Å². The van der Waals surface area contributed by atoms with Gasteiger partial charge in [-0.15, -0.1) is 0 Å². The summed E-state index contributed by atoms with van der Waals surface area (Å²) in [5.41, 5.74) is 0.951. The van der Waals surface area contributed by atoms with Gasteiger partial charge in [0.15, 0.2) is 0 Å². The first kappa shape index (κ1) is 18.8. The Morgan fingerprint density at radius 2 is 2.00 bits per heavy atom. The lowest BCUT2D eigenvalue weighted by Crippen LogP contribution is -2.50. The fraction of sp³-hybridized carbons (Fsp3) is 0.611. The van der Waals surface area contributed by atoms with Crippen molar-refractivity contribution in [3.05, 3.63) is 18.2 Å². The van der Waals surface area contributed by atoms with E-state index in [1.165, 1.54) is 10.7 Å². The van der Waals surface area contributed by atoms with E-state index in [1.54, 1.807) is 18.2 Å². The van der Waals surface area contributed by atoms with Crippen molar-refractivity contribution in [1.29, 1.82) is 0 Å². The third kappa shape index (κ3) is 3.48. The number of fused-ring (bicyclic) bond motifs is 1. The summed E-state index contributed by atoms with van der Waals surface area (Å²) in [7, 11) is -3.81. The van der Waals surface area contributed by atoms with Gasteiger partial charge in [-0.1, -0.05) is 25.8 Å². The molecular weight excluding hydrogens is 384 g/mol. The zero-order chi connectivity index (χ0) is 19.0. The zero-order valence-electron chi connectivity index (χ0n) is 15.3. The Morgan fingerprint density at radius 3 is 2.81 bits per heavy atom. The lowest BCUT2D eigenvalue weighted by atomic mass is 9.86. The summed E-state index contributed by atoms with van der Waals surface area (Å²) in [6.07, 6.45) is 5.62. The predicted octanol–water partition coefficient (Wildman–Crippen LogP) is 2.54. The molecular formula is C18H24N4O3S2. The molecule has 1 aromatic heterocycles. The van der Waals surface area contributed by atoms with Crippen LogP contribution in [0, 0.1) is 5.92 Å². The Morgan fingerprint density at radius 1 is 1.19 bits per heavy atom. The fourth-order valence-electron chi connectivity index (χ4n) is 4.22. The highest BCUT2D eigenvalue weighted by Gasteiger charge is 2.41. The minimum atomic E-state index is -3.81. The second-order valence-corrected chi connectivity index (χ2v) is 9.93. The molecule has 1 saturated carbocycles. The van der Waals surface area contributed by atoms with E-state index >= 15 is 0 Å². The molecule has 0 radical (unpaired) electrons. The number of carbonyl (C=O) groups is 1. The van der Waals surface area contributed by atoms with Gasteiger partial charge in [0, 0.05) is 12.6 Å². The second-order valence-electron chi connectivity index (χ2n) is 7.54. The molecule has 1 amide bonds. The van der Waals surface area contributed by atoms with Crippen molar-refractivity contribution >= 4 is 38.7 Å². The van der Waals surface area contributed by atoms with Gasteiger partial charge >= 0.3 is 0 Å². The highest BCUT2D eigenvalue weighted by atomic mass is 32.2. The Hall–Kier alpha value is -1.58. The van der Waals surface area contributed by atoms with E-state index in [0.29, 0.717) is 36.3 Å². The summed E-state index contributed by atoms with van der Waals surface area (Å²) in [5, 5.41) is 3.13. The van der Waals surface area contributed by atoms with Crippen molar-refractivity contribution in [1.82, 2.24) is 18.4 Å². The van der Waals surface area contributed by atoms with E-state index in [4.69, 9.17) is 0 Å². The number of rotatable bonds is 4. The summed E-state index contributed by atoms with van der Waals surface area (Å²) in [6.45, 7) is 2.51. The summed E-state index contributed by atoms with van der Waals surface area (Å²) >= 11 is 0.994. The van der Waals surface area contributed by atoms with Crippen LogP contribution in [-0.2, 0) is 14.8 Å². The van der Waals surface area contributed by atoms with E-state index in [2.05, 4.69) is 21.0 Å². The van der Waals surface area contributed by atoms with Crippen LogP contribution in [-0.4, -0.2) is 46.0 Å². The van der Waals surface area contributed by atoms with Crippen LogP contribution in [0.5, 0.6) is 0 Å². The molecule has 7 nitrogen and oxygen atoms in total. The van der Waals surface area contributed by atoms with Crippen molar-refractivity contribution in [2.24, 2.45) is 5.92 Å². The molecule has 2 aliphatic rings. The molecule has 3 atom stereocenters. The van der Waals surface area contributed by atoms with E-state index in [9.17, 15) is 13.2 Å². The minimum Gasteiger partial charge on any atom is -0.352 e. The third-order valence-electron chi connectivity index (χ3n) is 5.78. The molecule has 27 heavy (non-hydrogen) atoms. The average molecular weight is 409 g/mol. The van der Waals surface area contributed by atoms with Gasteiger partial charge in [-0.05, 0) is 43.7 Å². The number of hydrogen-bond acceptors (Lipinski definition) is 6. The molecule has 9 heteroatoms. The minimum absolute atomic E-state index is 0.138. The summed E-state index contributed by atoms with van der Waals surface area (Å²) in [4.78, 5) is 13.1. The molecule has 1 aliphatic heterocycles. The van der Waals surface area contributed by atoms with Crippen LogP contribution in [0.25, 0.3) is 11.0 Å². The Bertz CT molecular complexity index is 943. The van der Waals surface area contributed by atoms with Crippen LogP contribution in [0.1, 0.15) is 45.4 Å². The van der Waals surface area contributed by atoms with E-state index in [1.807, 2.05) is 0 Å². The molecule has 2 heterocycles. The van der Waals surface area contributed by atoms with Crippen LogP contribution < -0.4 is 5.32 Å². The molecule has 0 spiro atoms. The Labute approximate surface area is 163 Å². The van der Waals surface area contributed by atoms with Crippen molar-refractivity contribution in [2.45, 2.75) is 62.4 Å². The maximum atomic E-state index is 13.3. The summed E-state index contributed by atoms with van der Waals surface area (Å²) in [6, 6.07) is 4.46. The largest absolute Gasteiger partial charge is 0.352 e. The van der Waals surface area contributed by atoms with Gasteiger partial charge in [0.1, 0.15) is 22.0 Å². The zero-order valence-corrected chi connectivity index (χ0v) is 16.9. The van der Waals surface area contributed by atoms with Gasteiger partial charge in [-0.25, -0.2) is 8.42 Å². The van der Waals surface area contributed by atoms with Crippen molar-refractivity contribution in [3.8, 4) is 0 Å². The molecule has 0 bridgehead atoms. The molecule has 146 valence electrons. The average Bonchev–Trinajstić information content (AvgIpc) is 3.32. The SMILES string of the molecule is C[C@@H]1CCCC[C@@H]1NC(=O)[C@@H]1CCCN1S(=O)(=O)c1cccc2nsnc12. The monoisotopic (exact) mass is 408 g/mol. The van der Waals surface area contributed by atoms with Crippen LogP contribution in [0.3, 0.4) is 0 Å². The first-order chi connectivity index (χ1) is 13.0. The van der Waals surface area contributed by atoms with Crippen LogP contribution in [0.15, 0.2) is 23.1 Å². The van der Waals surface area contributed by atoms with Gasteiger partial charge in [0.25, 0.3) is 0 Å². The molecule has 1 aromatic carbocycles. The number of nitrogens with one attached hydrogen (secondary N) is 1. The summed E-state index contributed by atoms with van der Waals surface area (Å²) < 4.78 is 36.2.